The topological polar surface area (TPSA) is 55.1 Å². The predicted octanol–water partition coefficient (Wildman–Crippen LogP) is 0.786. The molecule has 6 heteroatoms. The number of nitrogens with one attached hydrogen (secondary N) is 1. The molecule has 0 saturated carbocycles. The molecule has 0 aromatic carbocycles. The molecule has 15 heavy (non-hydrogen) atoms. The maximum Gasteiger partial charge on any atom is 0.157 e. The van der Waals surface area contributed by atoms with Crippen LogP contribution in [0, 0.1) is 0 Å². The van der Waals surface area contributed by atoms with Gasteiger partial charge in [-0.2, -0.15) is 0 Å². The van der Waals surface area contributed by atoms with Gasteiger partial charge in [0.1, 0.15) is 12.9 Å². The van der Waals surface area contributed by atoms with Crippen molar-refractivity contribution in [2.24, 2.45) is 12.0 Å². The highest BCUT2D eigenvalue weighted by Crippen LogP contribution is 2.13. The minimum atomic E-state index is 0.532. The summed E-state index contributed by atoms with van der Waals surface area (Å²) in [6.07, 6.45) is 2.90. The van der Waals surface area contributed by atoms with Crippen LogP contribution in [0.25, 0.3) is 0 Å². The monoisotopic (exact) mass is 225 g/mol. The van der Waals surface area contributed by atoms with Gasteiger partial charge in [0.2, 0.25) is 0 Å². The van der Waals surface area contributed by atoms with Crippen molar-refractivity contribution >= 4 is 16.9 Å². The first-order valence-corrected chi connectivity index (χ1v) is 6.01. The zero-order valence-electron chi connectivity index (χ0n) is 8.97. The Labute approximate surface area is 93.4 Å². The highest BCUT2D eigenvalue weighted by Gasteiger charge is 2.12. The number of hydrogen-bond donors (Lipinski definition) is 1. The van der Waals surface area contributed by atoms with Gasteiger partial charge < -0.3 is 9.88 Å². The van der Waals surface area contributed by atoms with E-state index in [1.165, 1.54) is 6.42 Å². The van der Waals surface area contributed by atoms with E-state index in [2.05, 4.69) is 27.4 Å². The lowest BCUT2D eigenvalue weighted by Gasteiger charge is -2.21. The van der Waals surface area contributed by atoms with E-state index in [0.29, 0.717) is 12.6 Å². The Morgan fingerprint density at radius 2 is 2.60 bits per heavy atom. The van der Waals surface area contributed by atoms with Crippen molar-refractivity contribution in [3.8, 4) is 0 Å². The third-order valence-corrected chi connectivity index (χ3v) is 3.29. The van der Waals surface area contributed by atoms with Crippen molar-refractivity contribution in [2.75, 3.05) is 5.75 Å². The van der Waals surface area contributed by atoms with Gasteiger partial charge in [-0.3, -0.25) is 4.99 Å². The van der Waals surface area contributed by atoms with E-state index in [1.54, 1.807) is 18.1 Å². The fourth-order valence-electron chi connectivity index (χ4n) is 1.34. The molecule has 82 valence electrons. The SMILES string of the molecule is CC1CCSC(=NCc2nncn2C)N1. The number of thioether (sulfide) groups is 1. The summed E-state index contributed by atoms with van der Waals surface area (Å²) in [7, 11) is 1.93. The summed E-state index contributed by atoms with van der Waals surface area (Å²) in [5.41, 5.74) is 0. The average Bonchev–Trinajstić information content (AvgIpc) is 2.61. The Morgan fingerprint density at radius 1 is 1.73 bits per heavy atom. The second kappa shape index (κ2) is 4.65. The van der Waals surface area contributed by atoms with Crippen LogP contribution >= 0.6 is 11.8 Å². The van der Waals surface area contributed by atoms with Gasteiger partial charge in [0.25, 0.3) is 0 Å². The first-order chi connectivity index (χ1) is 7.25. The van der Waals surface area contributed by atoms with E-state index in [4.69, 9.17) is 0 Å². The van der Waals surface area contributed by atoms with Crippen LogP contribution in [0.1, 0.15) is 19.2 Å². The molecule has 1 unspecified atom stereocenters. The van der Waals surface area contributed by atoms with E-state index in [1.807, 2.05) is 11.6 Å². The van der Waals surface area contributed by atoms with Gasteiger partial charge in [-0.15, -0.1) is 10.2 Å². The van der Waals surface area contributed by atoms with Crippen LogP contribution in [-0.4, -0.2) is 31.7 Å². The number of rotatable bonds is 2. The van der Waals surface area contributed by atoms with Crippen LogP contribution in [0.3, 0.4) is 0 Å². The summed E-state index contributed by atoms with van der Waals surface area (Å²) in [5, 5.41) is 12.2. The van der Waals surface area contributed by atoms with Gasteiger partial charge in [-0.25, -0.2) is 0 Å². The molecule has 1 aliphatic rings. The minimum Gasteiger partial charge on any atom is -0.362 e. The van der Waals surface area contributed by atoms with E-state index >= 15 is 0 Å². The third-order valence-electron chi connectivity index (χ3n) is 2.33. The zero-order chi connectivity index (χ0) is 10.7. The molecule has 0 aliphatic carbocycles. The summed E-state index contributed by atoms with van der Waals surface area (Å²) in [6.45, 7) is 2.77. The summed E-state index contributed by atoms with van der Waals surface area (Å²) < 4.78 is 1.89. The zero-order valence-corrected chi connectivity index (χ0v) is 9.79. The van der Waals surface area contributed by atoms with E-state index in [0.717, 1.165) is 16.7 Å². The Hall–Kier alpha value is -1.04. The molecule has 1 aromatic heterocycles. The Bertz CT molecular complexity index is 359. The molecule has 0 radical (unpaired) electrons. The number of aryl methyl sites for hydroxylation is 1. The highest BCUT2D eigenvalue weighted by molar-refractivity contribution is 8.13. The molecule has 0 bridgehead atoms. The molecule has 1 N–H and O–H groups in total. The fourth-order valence-corrected chi connectivity index (χ4v) is 2.45. The van der Waals surface area contributed by atoms with Crippen molar-refractivity contribution in [1.29, 1.82) is 0 Å². The molecule has 5 nitrogen and oxygen atoms in total. The largest absolute Gasteiger partial charge is 0.362 e. The number of aromatic nitrogens is 3. The average molecular weight is 225 g/mol. The van der Waals surface area contributed by atoms with Gasteiger partial charge >= 0.3 is 0 Å². The van der Waals surface area contributed by atoms with Crippen molar-refractivity contribution in [2.45, 2.75) is 25.9 Å². The maximum absolute atomic E-state index is 4.48. The molecular formula is C9H15N5S. The lowest BCUT2D eigenvalue weighted by molar-refractivity contribution is 0.641. The fraction of sp³-hybridized carbons (Fsp3) is 0.667. The highest BCUT2D eigenvalue weighted by atomic mass is 32.2. The van der Waals surface area contributed by atoms with E-state index < -0.39 is 0 Å². The van der Waals surface area contributed by atoms with Crippen LogP contribution in [0.4, 0.5) is 0 Å². The second-order valence-corrected chi connectivity index (χ2v) is 4.75. The third kappa shape index (κ3) is 2.71. The molecule has 2 heterocycles. The second-order valence-electron chi connectivity index (χ2n) is 3.66. The first-order valence-electron chi connectivity index (χ1n) is 5.02. The summed E-state index contributed by atoms with van der Waals surface area (Å²) in [5.74, 6) is 2.04. The lowest BCUT2D eigenvalue weighted by atomic mass is 10.3. The Morgan fingerprint density at radius 3 is 3.27 bits per heavy atom. The minimum absolute atomic E-state index is 0.532. The number of aliphatic imine (C=N–C) groups is 1. The van der Waals surface area contributed by atoms with Crippen molar-refractivity contribution in [1.82, 2.24) is 20.1 Å². The number of amidine groups is 1. The lowest BCUT2D eigenvalue weighted by Crippen LogP contribution is -2.35. The van der Waals surface area contributed by atoms with Crippen LogP contribution in [0.2, 0.25) is 0 Å². The van der Waals surface area contributed by atoms with E-state index in [9.17, 15) is 0 Å². The maximum atomic E-state index is 4.48. The van der Waals surface area contributed by atoms with Crippen molar-refractivity contribution in [3.05, 3.63) is 12.2 Å². The molecule has 0 spiro atoms. The number of nitrogens with zero attached hydrogens (tertiary/aromatic N) is 4. The molecule has 2 rings (SSSR count). The predicted molar refractivity (Wildman–Crippen MR) is 61.8 cm³/mol. The summed E-state index contributed by atoms with van der Waals surface area (Å²) in [6, 6.07) is 0.532. The normalized spacial score (nSPS) is 24.1. The summed E-state index contributed by atoms with van der Waals surface area (Å²) in [4.78, 5) is 4.48. The standard InChI is InChI=1S/C9H15N5S/c1-7-3-4-15-9(12-7)10-5-8-13-11-6-14(8)2/h6-7H,3-5H2,1-2H3,(H,10,12). The number of hydrogen-bond acceptors (Lipinski definition) is 4. The Kier molecular flexibility index (Phi) is 3.25. The molecule has 1 aliphatic heterocycles. The van der Waals surface area contributed by atoms with Crippen molar-refractivity contribution in [3.63, 3.8) is 0 Å². The molecule has 1 fully saturated rings. The van der Waals surface area contributed by atoms with Crippen molar-refractivity contribution < 1.29 is 0 Å². The molecule has 1 aromatic rings. The van der Waals surface area contributed by atoms with Gasteiger partial charge in [0.05, 0.1) is 0 Å². The smallest absolute Gasteiger partial charge is 0.157 e. The summed E-state index contributed by atoms with van der Waals surface area (Å²) >= 11 is 1.78. The van der Waals surface area contributed by atoms with E-state index in [-0.39, 0.29) is 0 Å². The van der Waals surface area contributed by atoms with Gasteiger partial charge in [0.15, 0.2) is 11.0 Å². The molecule has 0 amide bonds. The first kappa shape index (κ1) is 10.5. The van der Waals surface area contributed by atoms with Crippen LogP contribution in [0.15, 0.2) is 11.3 Å². The van der Waals surface area contributed by atoms with Gasteiger partial charge in [-0.1, -0.05) is 11.8 Å². The molecular weight excluding hydrogens is 210 g/mol. The van der Waals surface area contributed by atoms with Crippen LogP contribution in [-0.2, 0) is 13.6 Å². The van der Waals surface area contributed by atoms with Gasteiger partial charge in [-0.05, 0) is 13.3 Å². The van der Waals surface area contributed by atoms with Crippen LogP contribution in [0.5, 0.6) is 0 Å². The quantitative estimate of drug-likeness (QED) is 0.808. The molecule has 1 saturated heterocycles. The van der Waals surface area contributed by atoms with Crippen LogP contribution < -0.4 is 5.32 Å². The Balaban J connectivity index is 1.96. The van der Waals surface area contributed by atoms with Gasteiger partial charge in [0, 0.05) is 18.8 Å². The molecule has 1 atom stereocenters.